The molecule has 36 heavy (non-hydrogen) atoms. The second-order valence-corrected chi connectivity index (χ2v) is 9.15. The largest absolute Gasteiger partial charge is 0.495 e. The molecule has 10 nitrogen and oxygen atoms in total. The Labute approximate surface area is 219 Å². The van der Waals surface area contributed by atoms with Crippen LogP contribution in [-0.4, -0.2) is 60.7 Å². The summed E-state index contributed by atoms with van der Waals surface area (Å²) in [5.74, 6) is 1.44. The summed E-state index contributed by atoms with van der Waals surface area (Å²) in [5, 5.41) is 18.0. The minimum absolute atomic E-state index is 0.103. The summed E-state index contributed by atoms with van der Waals surface area (Å²) in [6.07, 6.45) is 7.27. The molecule has 3 unspecified atom stereocenters. The topological polar surface area (TPSA) is 112 Å². The Morgan fingerprint density at radius 3 is 2.44 bits per heavy atom. The van der Waals surface area contributed by atoms with Crippen LogP contribution in [0.1, 0.15) is 18.4 Å². The van der Waals surface area contributed by atoms with Crippen LogP contribution in [0, 0.1) is 0 Å². The van der Waals surface area contributed by atoms with Crippen LogP contribution in [0.4, 0.5) is 17.5 Å². The van der Waals surface area contributed by atoms with Crippen LogP contribution in [0.3, 0.4) is 0 Å². The van der Waals surface area contributed by atoms with Gasteiger partial charge in [-0.2, -0.15) is 4.98 Å². The summed E-state index contributed by atoms with van der Waals surface area (Å²) >= 11 is 13.2. The van der Waals surface area contributed by atoms with Crippen LogP contribution >= 0.6 is 23.2 Å². The Bertz CT molecular complexity index is 1170. The normalized spacial score (nSPS) is 21.0. The van der Waals surface area contributed by atoms with Gasteiger partial charge in [-0.25, -0.2) is 4.98 Å². The zero-order chi connectivity index (χ0) is 26.0. The third-order valence-electron chi connectivity index (χ3n) is 6.24. The number of aliphatic hydroxyl groups is 1. The third kappa shape index (κ3) is 4.88. The first-order valence-electron chi connectivity index (χ1n) is 11.3. The van der Waals surface area contributed by atoms with E-state index in [1.165, 1.54) is 20.3 Å². The van der Waals surface area contributed by atoms with Crippen LogP contribution in [0.2, 0.25) is 10.0 Å². The molecular formula is C24H28Cl2N6O4. The molecule has 2 heterocycles. The first-order valence-corrected chi connectivity index (χ1v) is 12.0. The minimum Gasteiger partial charge on any atom is -0.495 e. The number of benzene rings is 1. The molecule has 4 rings (SSSR count). The van der Waals surface area contributed by atoms with E-state index in [1.807, 2.05) is 6.08 Å². The van der Waals surface area contributed by atoms with Gasteiger partial charge < -0.3 is 35.0 Å². The SMILES string of the molecule is C=CC(=O)NC1CC=CCC1Nc1ncc2c(n1)N(C)C(O)N(c1c(Cl)c(OC)cc(OC)c1Cl)C2. The first kappa shape index (κ1) is 25.9. The van der Waals surface area contributed by atoms with Crippen LogP contribution in [0.15, 0.2) is 37.1 Å². The quantitative estimate of drug-likeness (QED) is 0.363. The molecule has 1 aromatic carbocycles. The van der Waals surface area contributed by atoms with Gasteiger partial charge in [0.2, 0.25) is 18.2 Å². The highest BCUT2D eigenvalue weighted by atomic mass is 35.5. The van der Waals surface area contributed by atoms with Gasteiger partial charge in [-0.1, -0.05) is 41.9 Å². The number of carbonyl (C=O) groups excluding carboxylic acids is 1. The van der Waals surface area contributed by atoms with Crippen LogP contribution in [-0.2, 0) is 11.3 Å². The van der Waals surface area contributed by atoms with Gasteiger partial charge in [0, 0.05) is 24.9 Å². The number of rotatable bonds is 7. The van der Waals surface area contributed by atoms with Crippen molar-refractivity contribution in [3.05, 3.63) is 52.7 Å². The highest BCUT2D eigenvalue weighted by Gasteiger charge is 2.35. The smallest absolute Gasteiger partial charge is 0.243 e. The van der Waals surface area contributed by atoms with E-state index in [2.05, 4.69) is 33.3 Å². The Morgan fingerprint density at radius 1 is 1.19 bits per heavy atom. The number of hydrogen-bond acceptors (Lipinski definition) is 9. The van der Waals surface area contributed by atoms with E-state index in [0.717, 1.165) is 5.56 Å². The number of fused-ring (bicyclic) bond motifs is 1. The predicted molar refractivity (Wildman–Crippen MR) is 140 cm³/mol. The Morgan fingerprint density at radius 2 is 1.83 bits per heavy atom. The number of carbonyl (C=O) groups is 1. The number of halogens is 2. The molecule has 0 saturated heterocycles. The minimum atomic E-state index is -1.13. The number of anilines is 3. The van der Waals surface area contributed by atoms with Crippen molar-refractivity contribution in [2.75, 3.05) is 36.4 Å². The molecule has 0 spiro atoms. The lowest BCUT2D eigenvalue weighted by atomic mass is 9.96. The van der Waals surface area contributed by atoms with Crippen molar-refractivity contribution < 1.29 is 19.4 Å². The van der Waals surface area contributed by atoms with Crippen molar-refractivity contribution in [1.82, 2.24) is 15.3 Å². The van der Waals surface area contributed by atoms with Crippen molar-refractivity contribution in [2.24, 2.45) is 0 Å². The summed E-state index contributed by atoms with van der Waals surface area (Å²) in [6.45, 7) is 3.76. The average molecular weight is 535 g/mol. The number of methoxy groups -OCH3 is 2. The highest BCUT2D eigenvalue weighted by Crippen LogP contribution is 2.48. The highest BCUT2D eigenvalue weighted by molar-refractivity contribution is 6.41. The maximum atomic E-state index is 11.8. The van der Waals surface area contributed by atoms with Gasteiger partial charge in [-0.05, 0) is 18.9 Å². The number of aromatic nitrogens is 2. The number of nitrogens with one attached hydrogen (secondary N) is 2. The van der Waals surface area contributed by atoms with Gasteiger partial charge in [-0.3, -0.25) is 4.79 Å². The first-order chi connectivity index (χ1) is 17.3. The average Bonchev–Trinajstić information content (AvgIpc) is 2.88. The summed E-state index contributed by atoms with van der Waals surface area (Å²) in [6, 6.07) is 1.36. The molecular weight excluding hydrogens is 507 g/mol. The van der Waals surface area contributed by atoms with Crippen molar-refractivity contribution in [2.45, 2.75) is 37.8 Å². The fraction of sp³-hybridized carbons (Fsp3) is 0.375. The van der Waals surface area contributed by atoms with Crippen molar-refractivity contribution in [3.63, 3.8) is 0 Å². The summed E-state index contributed by atoms with van der Waals surface area (Å²) in [4.78, 5) is 24.2. The summed E-state index contributed by atoms with van der Waals surface area (Å²) < 4.78 is 10.7. The zero-order valence-electron chi connectivity index (χ0n) is 20.2. The molecule has 2 aromatic rings. The zero-order valence-corrected chi connectivity index (χ0v) is 21.7. The van der Waals surface area contributed by atoms with Gasteiger partial charge in [0.1, 0.15) is 27.4 Å². The summed E-state index contributed by atoms with van der Waals surface area (Å²) in [7, 11) is 4.69. The predicted octanol–water partition coefficient (Wildman–Crippen LogP) is 3.33. The lowest BCUT2D eigenvalue weighted by molar-refractivity contribution is -0.117. The monoisotopic (exact) mass is 534 g/mol. The molecule has 3 atom stereocenters. The van der Waals surface area contributed by atoms with Crippen LogP contribution < -0.4 is 29.9 Å². The molecule has 2 aliphatic rings. The van der Waals surface area contributed by atoms with E-state index < -0.39 is 6.35 Å². The fourth-order valence-corrected chi connectivity index (χ4v) is 5.05. The molecule has 1 aliphatic heterocycles. The van der Waals surface area contributed by atoms with E-state index in [1.54, 1.807) is 29.1 Å². The van der Waals surface area contributed by atoms with Gasteiger partial charge in [0.05, 0.1) is 38.5 Å². The molecule has 3 N–H and O–H groups in total. The van der Waals surface area contributed by atoms with Crippen molar-refractivity contribution in [1.29, 1.82) is 0 Å². The van der Waals surface area contributed by atoms with Gasteiger partial charge in [0.25, 0.3) is 0 Å². The van der Waals surface area contributed by atoms with Crippen LogP contribution in [0.5, 0.6) is 11.5 Å². The van der Waals surface area contributed by atoms with E-state index >= 15 is 0 Å². The maximum absolute atomic E-state index is 11.8. The van der Waals surface area contributed by atoms with Gasteiger partial charge >= 0.3 is 0 Å². The Balaban J connectivity index is 1.62. The number of aliphatic hydroxyl groups excluding tert-OH is 1. The maximum Gasteiger partial charge on any atom is 0.243 e. The molecule has 0 fully saturated rings. The van der Waals surface area contributed by atoms with E-state index in [9.17, 15) is 9.90 Å². The molecule has 0 bridgehead atoms. The Hall–Kier alpha value is -3.21. The number of ether oxygens (including phenoxy) is 2. The van der Waals surface area contributed by atoms with Crippen molar-refractivity contribution >= 4 is 46.6 Å². The second-order valence-electron chi connectivity index (χ2n) is 8.40. The van der Waals surface area contributed by atoms with Gasteiger partial charge in [-0.15, -0.1) is 0 Å². The third-order valence-corrected chi connectivity index (χ3v) is 6.97. The molecule has 1 aliphatic carbocycles. The van der Waals surface area contributed by atoms with Crippen molar-refractivity contribution in [3.8, 4) is 11.5 Å². The van der Waals surface area contributed by atoms with E-state index in [4.69, 9.17) is 32.7 Å². The fourth-order valence-electron chi connectivity index (χ4n) is 4.33. The second kappa shape index (κ2) is 10.8. The molecule has 0 radical (unpaired) electrons. The lowest BCUT2D eigenvalue weighted by Gasteiger charge is -2.42. The van der Waals surface area contributed by atoms with Crippen LogP contribution in [0.25, 0.3) is 0 Å². The number of hydrogen-bond donors (Lipinski definition) is 3. The molecule has 12 heteroatoms. The van der Waals surface area contributed by atoms with E-state index in [0.29, 0.717) is 41.8 Å². The van der Waals surface area contributed by atoms with E-state index in [-0.39, 0.29) is 34.6 Å². The molecule has 1 amide bonds. The molecule has 1 aromatic heterocycles. The summed E-state index contributed by atoms with van der Waals surface area (Å²) in [5.41, 5.74) is 1.12. The Kier molecular flexibility index (Phi) is 7.77. The number of amides is 1. The van der Waals surface area contributed by atoms with Gasteiger partial charge in [0.15, 0.2) is 0 Å². The standard InChI is InChI=1S/C24H28Cl2N6O4/c1-5-18(33)28-14-8-6-7-9-15(14)29-23-27-11-13-12-32(24(34)31(2)22(13)30-23)21-19(25)16(35-3)10-17(36-4)20(21)26/h5-7,10-11,14-15,24,34H,1,8-9,12H2,2-4H3,(H,28,33)(H,27,29,30). The molecule has 192 valence electrons. The lowest BCUT2D eigenvalue weighted by Crippen LogP contribution is -2.51. The molecule has 0 saturated carbocycles. The number of nitrogens with zero attached hydrogens (tertiary/aromatic N) is 4.